The van der Waals surface area contributed by atoms with Crippen molar-refractivity contribution in [1.29, 1.82) is 0 Å². The minimum atomic E-state index is -0.199. The van der Waals surface area contributed by atoms with Crippen LogP contribution in [0, 0.1) is 5.82 Å². The molecule has 0 saturated carbocycles. The molecule has 1 aromatic carbocycles. The molecule has 0 atom stereocenters. The average Bonchev–Trinajstić information content (AvgIpc) is 2.25. The van der Waals surface area contributed by atoms with Crippen molar-refractivity contribution < 1.29 is 9.13 Å². The Bertz CT molecular complexity index is 382. The van der Waals surface area contributed by atoms with Crippen LogP contribution in [-0.2, 0) is 11.3 Å². The Kier molecular flexibility index (Phi) is 6.40. The van der Waals surface area contributed by atoms with Crippen LogP contribution in [-0.4, -0.2) is 19.8 Å². The summed E-state index contributed by atoms with van der Waals surface area (Å²) in [6.07, 6.45) is 0. The maximum Gasteiger partial charge on any atom is 0.128 e. The zero-order valence-electron chi connectivity index (χ0n) is 9.93. The standard InChI is InChI=1S/C13H17BrFNO/c1-10(2)9-17-6-5-16-8-11-3-4-12(14)7-13(11)15/h3-4,7,16H,1,5-6,8-9H2,2H3. The molecular weight excluding hydrogens is 285 g/mol. The van der Waals surface area contributed by atoms with Gasteiger partial charge in [-0.2, -0.15) is 0 Å². The van der Waals surface area contributed by atoms with Crippen molar-refractivity contribution >= 4 is 15.9 Å². The number of halogens is 2. The van der Waals surface area contributed by atoms with Crippen molar-refractivity contribution in [2.45, 2.75) is 13.5 Å². The average molecular weight is 302 g/mol. The molecule has 4 heteroatoms. The molecule has 0 bridgehead atoms. The summed E-state index contributed by atoms with van der Waals surface area (Å²) in [6.45, 7) is 8.05. The Hall–Kier alpha value is -0.710. The van der Waals surface area contributed by atoms with Gasteiger partial charge in [0.15, 0.2) is 0 Å². The lowest BCUT2D eigenvalue weighted by Gasteiger charge is -2.07. The first-order valence-electron chi connectivity index (χ1n) is 5.46. The van der Waals surface area contributed by atoms with Gasteiger partial charge in [-0.1, -0.05) is 34.1 Å². The highest BCUT2D eigenvalue weighted by molar-refractivity contribution is 9.10. The summed E-state index contributed by atoms with van der Waals surface area (Å²) >= 11 is 3.22. The third-order valence-corrected chi connectivity index (χ3v) is 2.60. The topological polar surface area (TPSA) is 21.3 Å². The summed E-state index contributed by atoms with van der Waals surface area (Å²) in [5, 5.41) is 3.13. The zero-order chi connectivity index (χ0) is 12.7. The molecule has 0 spiro atoms. The third-order valence-electron chi connectivity index (χ3n) is 2.10. The molecule has 1 aromatic rings. The molecule has 0 heterocycles. The van der Waals surface area contributed by atoms with E-state index in [0.717, 1.165) is 10.0 Å². The number of rotatable bonds is 7. The molecule has 1 N–H and O–H groups in total. The molecule has 2 nitrogen and oxygen atoms in total. The molecular formula is C13H17BrFNO. The van der Waals surface area contributed by atoms with E-state index in [0.29, 0.717) is 31.9 Å². The number of hydrogen-bond acceptors (Lipinski definition) is 2. The molecule has 0 aliphatic heterocycles. The fourth-order valence-corrected chi connectivity index (χ4v) is 1.61. The van der Waals surface area contributed by atoms with Gasteiger partial charge in [0.2, 0.25) is 0 Å². The van der Waals surface area contributed by atoms with E-state index in [1.807, 2.05) is 13.0 Å². The highest BCUT2D eigenvalue weighted by Gasteiger charge is 2.01. The lowest BCUT2D eigenvalue weighted by atomic mass is 10.2. The molecule has 0 radical (unpaired) electrons. The van der Waals surface area contributed by atoms with Gasteiger partial charge in [0.1, 0.15) is 5.82 Å². The number of ether oxygens (including phenoxy) is 1. The van der Waals surface area contributed by atoms with E-state index in [2.05, 4.69) is 27.8 Å². The first-order chi connectivity index (χ1) is 8.09. The van der Waals surface area contributed by atoms with Crippen LogP contribution < -0.4 is 5.32 Å². The van der Waals surface area contributed by atoms with E-state index in [1.54, 1.807) is 6.07 Å². The minimum Gasteiger partial charge on any atom is -0.376 e. The molecule has 1 rings (SSSR count). The van der Waals surface area contributed by atoms with Gasteiger partial charge >= 0.3 is 0 Å². The molecule has 94 valence electrons. The van der Waals surface area contributed by atoms with Crippen molar-refractivity contribution in [3.8, 4) is 0 Å². The first kappa shape index (κ1) is 14.4. The largest absolute Gasteiger partial charge is 0.376 e. The molecule has 0 amide bonds. The van der Waals surface area contributed by atoms with Crippen LogP contribution in [0.1, 0.15) is 12.5 Å². The Morgan fingerprint density at radius 1 is 1.53 bits per heavy atom. The summed E-state index contributed by atoms with van der Waals surface area (Å²) < 4.78 is 19.5. The normalized spacial score (nSPS) is 10.5. The molecule has 0 saturated heterocycles. The van der Waals surface area contributed by atoms with Crippen molar-refractivity contribution in [1.82, 2.24) is 5.32 Å². The summed E-state index contributed by atoms with van der Waals surface area (Å²) in [7, 11) is 0. The number of benzene rings is 1. The van der Waals surface area contributed by atoms with Gasteiger partial charge in [-0.15, -0.1) is 0 Å². The van der Waals surface area contributed by atoms with E-state index in [9.17, 15) is 4.39 Å². The summed E-state index contributed by atoms with van der Waals surface area (Å²) in [4.78, 5) is 0. The van der Waals surface area contributed by atoms with Crippen LogP contribution in [0.25, 0.3) is 0 Å². The van der Waals surface area contributed by atoms with Crippen LogP contribution in [0.4, 0.5) is 4.39 Å². The van der Waals surface area contributed by atoms with Crippen LogP contribution in [0.5, 0.6) is 0 Å². The smallest absolute Gasteiger partial charge is 0.128 e. The number of hydrogen-bond donors (Lipinski definition) is 1. The fourth-order valence-electron chi connectivity index (χ4n) is 1.28. The second-order valence-corrected chi connectivity index (χ2v) is 4.84. The Labute approximate surface area is 110 Å². The Balaban J connectivity index is 2.20. The second-order valence-electron chi connectivity index (χ2n) is 3.92. The molecule has 0 fully saturated rings. The lowest BCUT2D eigenvalue weighted by molar-refractivity contribution is 0.157. The van der Waals surface area contributed by atoms with Gasteiger partial charge in [0.25, 0.3) is 0 Å². The third kappa shape index (κ3) is 5.96. The fraction of sp³-hybridized carbons (Fsp3) is 0.385. The summed E-state index contributed by atoms with van der Waals surface area (Å²) in [5.41, 5.74) is 1.66. The SMILES string of the molecule is C=C(C)COCCNCc1ccc(Br)cc1F. The molecule has 0 aromatic heterocycles. The zero-order valence-corrected chi connectivity index (χ0v) is 11.5. The first-order valence-corrected chi connectivity index (χ1v) is 6.25. The highest BCUT2D eigenvalue weighted by atomic mass is 79.9. The molecule has 0 aliphatic rings. The van der Waals surface area contributed by atoms with E-state index in [-0.39, 0.29) is 5.82 Å². The van der Waals surface area contributed by atoms with Crippen LogP contribution >= 0.6 is 15.9 Å². The van der Waals surface area contributed by atoms with E-state index in [4.69, 9.17) is 4.74 Å². The van der Waals surface area contributed by atoms with Gasteiger partial charge in [-0.05, 0) is 19.1 Å². The predicted molar refractivity (Wildman–Crippen MR) is 71.4 cm³/mol. The van der Waals surface area contributed by atoms with Crippen molar-refractivity contribution in [2.24, 2.45) is 0 Å². The van der Waals surface area contributed by atoms with E-state index < -0.39 is 0 Å². The van der Waals surface area contributed by atoms with Gasteiger partial charge in [0, 0.05) is 23.1 Å². The maximum absolute atomic E-state index is 13.4. The molecule has 0 unspecified atom stereocenters. The lowest BCUT2D eigenvalue weighted by Crippen LogP contribution is -2.20. The summed E-state index contributed by atoms with van der Waals surface area (Å²) in [5.74, 6) is -0.199. The van der Waals surface area contributed by atoms with Gasteiger partial charge in [-0.25, -0.2) is 4.39 Å². The van der Waals surface area contributed by atoms with Gasteiger partial charge < -0.3 is 10.1 Å². The molecule has 17 heavy (non-hydrogen) atoms. The van der Waals surface area contributed by atoms with Crippen molar-refractivity contribution in [3.63, 3.8) is 0 Å². The van der Waals surface area contributed by atoms with Crippen LogP contribution in [0.15, 0.2) is 34.8 Å². The van der Waals surface area contributed by atoms with Gasteiger partial charge in [0.05, 0.1) is 13.2 Å². The van der Waals surface area contributed by atoms with Crippen molar-refractivity contribution in [2.75, 3.05) is 19.8 Å². The van der Waals surface area contributed by atoms with Crippen LogP contribution in [0.3, 0.4) is 0 Å². The number of nitrogens with one attached hydrogen (secondary N) is 1. The van der Waals surface area contributed by atoms with Crippen LogP contribution in [0.2, 0.25) is 0 Å². The molecule has 0 aliphatic carbocycles. The monoisotopic (exact) mass is 301 g/mol. The highest BCUT2D eigenvalue weighted by Crippen LogP contribution is 2.14. The van der Waals surface area contributed by atoms with Gasteiger partial charge in [-0.3, -0.25) is 0 Å². The predicted octanol–water partition coefficient (Wildman–Crippen LogP) is 3.27. The Morgan fingerprint density at radius 2 is 2.29 bits per heavy atom. The second kappa shape index (κ2) is 7.58. The minimum absolute atomic E-state index is 0.199. The Morgan fingerprint density at radius 3 is 2.94 bits per heavy atom. The maximum atomic E-state index is 13.4. The summed E-state index contributed by atoms with van der Waals surface area (Å²) in [6, 6.07) is 5.06. The van der Waals surface area contributed by atoms with E-state index >= 15 is 0 Å². The quantitative estimate of drug-likeness (QED) is 0.616. The van der Waals surface area contributed by atoms with Crippen molar-refractivity contribution in [3.05, 3.63) is 46.2 Å². The van der Waals surface area contributed by atoms with E-state index in [1.165, 1.54) is 6.07 Å².